The lowest BCUT2D eigenvalue weighted by Gasteiger charge is -2.17. The maximum Gasteiger partial charge on any atom is 0.226 e. The Morgan fingerprint density at radius 2 is 2.09 bits per heavy atom. The van der Waals surface area contributed by atoms with E-state index in [2.05, 4.69) is 10.4 Å². The van der Waals surface area contributed by atoms with Crippen molar-refractivity contribution in [1.82, 2.24) is 15.1 Å². The number of nitrogens with one attached hydrogen (secondary N) is 1. The van der Waals surface area contributed by atoms with Crippen LogP contribution in [0.5, 0.6) is 0 Å². The Labute approximate surface area is 143 Å². The van der Waals surface area contributed by atoms with Gasteiger partial charge in [-0.15, -0.1) is 11.3 Å². The molecule has 0 aliphatic heterocycles. The van der Waals surface area contributed by atoms with Crippen LogP contribution in [-0.2, 0) is 18.3 Å². The van der Waals surface area contributed by atoms with Gasteiger partial charge in [-0.3, -0.25) is 9.48 Å². The summed E-state index contributed by atoms with van der Waals surface area (Å²) in [6.07, 6.45) is 2.23. The highest BCUT2D eigenvalue weighted by Crippen LogP contribution is 2.22. The van der Waals surface area contributed by atoms with Crippen LogP contribution in [0.2, 0.25) is 5.02 Å². The second-order valence-electron chi connectivity index (χ2n) is 5.22. The Bertz CT molecular complexity index is 781. The van der Waals surface area contributed by atoms with Crippen molar-refractivity contribution in [3.63, 3.8) is 0 Å². The smallest absolute Gasteiger partial charge is 0.226 e. The summed E-state index contributed by atoms with van der Waals surface area (Å²) in [5, 5.41) is 10.1. The van der Waals surface area contributed by atoms with Gasteiger partial charge in [0.15, 0.2) is 0 Å². The zero-order chi connectivity index (χ0) is 16.2. The van der Waals surface area contributed by atoms with Crippen molar-refractivity contribution in [2.75, 3.05) is 0 Å². The first-order valence-electron chi connectivity index (χ1n) is 7.18. The van der Waals surface area contributed by atoms with Gasteiger partial charge >= 0.3 is 0 Å². The Morgan fingerprint density at radius 1 is 1.30 bits per heavy atom. The molecule has 0 aliphatic rings. The molecule has 0 bridgehead atoms. The number of amides is 1. The maximum absolute atomic E-state index is 12.4. The fraction of sp³-hybridized carbons (Fsp3) is 0.176. The first kappa shape index (κ1) is 15.8. The number of halogens is 1. The molecule has 23 heavy (non-hydrogen) atoms. The molecule has 3 aromatic rings. The van der Waals surface area contributed by atoms with Crippen LogP contribution < -0.4 is 5.32 Å². The van der Waals surface area contributed by atoms with Crippen molar-refractivity contribution < 1.29 is 4.79 Å². The second-order valence-corrected chi connectivity index (χ2v) is 6.69. The quantitative estimate of drug-likeness (QED) is 0.768. The van der Waals surface area contributed by atoms with Gasteiger partial charge in [0.2, 0.25) is 5.91 Å². The number of carbonyl (C=O) groups excluding carboxylic acids is 1. The van der Waals surface area contributed by atoms with E-state index < -0.39 is 0 Å². The summed E-state index contributed by atoms with van der Waals surface area (Å²) in [6.45, 7) is 0. The molecule has 4 nitrogen and oxygen atoms in total. The van der Waals surface area contributed by atoms with Crippen LogP contribution in [0.15, 0.2) is 54.0 Å². The van der Waals surface area contributed by atoms with E-state index in [0.29, 0.717) is 11.4 Å². The number of thiophene rings is 1. The number of aromatic nitrogens is 2. The van der Waals surface area contributed by atoms with E-state index in [1.54, 1.807) is 16.0 Å². The average Bonchev–Trinajstić information content (AvgIpc) is 3.17. The molecule has 118 valence electrons. The molecule has 0 fully saturated rings. The molecule has 1 aromatic carbocycles. The molecule has 1 amide bonds. The maximum atomic E-state index is 12.4. The number of hydrogen-bond donors (Lipinski definition) is 1. The van der Waals surface area contributed by atoms with Crippen LogP contribution in [0.25, 0.3) is 0 Å². The monoisotopic (exact) mass is 345 g/mol. The Balaban J connectivity index is 1.83. The number of carbonyl (C=O) groups is 1. The Kier molecular flexibility index (Phi) is 4.79. The number of aryl methyl sites for hydroxylation is 1. The van der Waals surface area contributed by atoms with E-state index in [0.717, 1.165) is 16.1 Å². The summed E-state index contributed by atoms with van der Waals surface area (Å²) in [5.41, 5.74) is 1.75. The molecule has 2 aromatic heterocycles. The summed E-state index contributed by atoms with van der Waals surface area (Å²) in [5.74, 6) is -0.0296. The molecule has 6 heteroatoms. The third kappa shape index (κ3) is 4.00. The van der Waals surface area contributed by atoms with E-state index in [-0.39, 0.29) is 11.9 Å². The van der Waals surface area contributed by atoms with Gasteiger partial charge in [-0.2, -0.15) is 5.10 Å². The lowest BCUT2D eigenvalue weighted by atomic mass is 10.0. The SMILES string of the molecule is Cn1ccc([C@@H](NC(=O)Cc2cccs2)c2ccc(Cl)cc2)n1. The predicted molar refractivity (Wildman–Crippen MR) is 92.7 cm³/mol. The molecule has 0 aliphatic carbocycles. The highest BCUT2D eigenvalue weighted by atomic mass is 35.5. The zero-order valence-corrected chi connectivity index (χ0v) is 14.1. The standard InChI is InChI=1S/C17H16ClN3OS/c1-21-9-8-15(20-21)17(12-4-6-13(18)7-5-12)19-16(22)11-14-3-2-10-23-14/h2-10,17H,11H2,1H3,(H,19,22)/t17-/m0/s1. The molecule has 1 N–H and O–H groups in total. The number of benzene rings is 1. The van der Waals surface area contributed by atoms with Crippen molar-refractivity contribution in [1.29, 1.82) is 0 Å². The van der Waals surface area contributed by atoms with Crippen LogP contribution in [0.4, 0.5) is 0 Å². The van der Waals surface area contributed by atoms with Gasteiger partial charge in [-0.25, -0.2) is 0 Å². The van der Waals surface area contributed by atoms with E-state index in [1.165, 1.54) is 0 Å². The normalized spacial score (nSPS) is 12.1. The minimum absolute atomic E-state index is 0.0296. The summed E-state index contributed by atoms with van der Waals surface area (Å²) in [6, 6.07) is 13.0. The van der Waals surface area contributed by atoms with E-state index in [1.807, 2.05) is 61.1 Å². The zero-order valence-electron chi connectivity index (χ0n) is 12.6. The predicted octanol–water partition coefficient (Wildman–Crippen LogP) is 3.58. The summed E-state index contributed by atoms with van der Waals surface area (Å²) < 4.78 is 1.73. The minimum Gasteiger partial charge on any atom is -0.343 e. The van der Waals surface area contributed by atoms with Gasteiger partial charge in [-0.05, 0) is 35.2 Å². The Hall–Kier alpha value is -2.11. The van der Waals surface area contributed by atoms with Crippen molar-refractivity contribution in [3.05, 3.63) is 75.2 Å². The van der Waals surface area contributed by atoms with E-state index in [9.17, 15) is 4.79 Å². The van der Waals surface area contributed by atoms with Gasteiger partial charge in [0.05, 0.1) is 18.2 Å². The molecule has 2 heterocycles. The topological polar surface area (TPSA) is 46.9 Å². The lowest BCUT2D eigenvalue weighted by Crippen LogP contribution is -2.30. The molecule has 0 saturated carbocycles. The molecule has 1 atom stereocenters. The van der Waals surface area contributed by atoms with Gasteiger partial charge in [-0.1, -0.05) is 29.8 Å². The van der Waals surface area contributed by atoms with Crippen molar-refractivity contribution in [2.45, 2.75) is 12.5 Å². The van der Waals surface area contributed by atoms with Gasteiger partial charge in [0.1, 0.15) is 0 Å². The fourth-order valence-electron chi connectivity index (χ4n) is 2.35. The molecule has 0 unspecified atom stereocenters. The summed E-state index contributed by atoms with van der Waals surface area (Å²) in [4.78, 5) is 13.4. The van der Waals surface area contributed by atoms with Gasteiger partial charge in [0.25, 0.3) is 0 Å². The molecule has 0 radical (unpaired) electrons. The van der Waals surface area contributed by atoms with Gasteiger partial charge in [0, 0.05) is 23.1 Å². The molecular formula is C17H16ClN3OS. The Morgan fingerprint density at radius 3 is 2.70 bits per heavy atom. The summed E-state index contributed by atoms with van der Waals surface area (Å²) in [7, 11) is 1.86. The molecule has 0 spiro atoms. The first-order valence-corrected chi connectivity index (χ1v) is 8.44. The minimum atomic E-state index is -0.291. The van der Waals surface area contributed by atoms with Crippen LogP contribution >= 0.6 is 22.9 Å². The van der Waals surface area contributed by atoms with Crippen LogP contribution in [0.1, 0.15) is 22.2 Å². The average molecular weight is 346 g/mol. The largest absolute Gasteiger partial charge is 0.343 e. The van der Waals surface area contributed by atoms with Gasteiger partial charge < -0.3 is 5.32 Å². The third-order valence-electron chi connectivity index (χ3n) is 3.45. The highest BCUT2D eigenvalue weighted by Gasteiger charge is 2.19. The van der Waals surface area contributed by atoms with E-state index >= 15 is 0 Å². The fourth-order valence-corrected chi connectivity index (χ4v) is 3.18. The molecule has 3 rings (SSSR count). The van der Waals surface area contributed by atoms with Crippen LogP contribution in [-0.4, -0.2) is 15.7 Å². The van der Waals surface area contributed by atoms with Crippen molar-refractivity contribution in [2.24, 2.45) is 7.05 Å². The van der Waals surface area contributed by atoms with Crippen molar-refractivity contribution in [3.8, 4) is 0 Å². The third-order valence-corrected chi connectivity index (χ3v) is 4.58. The van der Waals surface area contributed by atoms with Crippen LogP contribution in [0.3, 0.4) is 0 Å². The van der Waals surface area contributed by atoms with Crippen LogP contribution in [0, 0.1) is 0 Å². The highest BCUT2D eigenvalue weighted by molar-refractivity contribution is 7.10. The summed E-state index contributed by atoms with van der Waals surface area (Å²) >= 11 is 7.54. The number of rotatable bonds is 5. The second kappa shape index (κ2) is 6.98. The number of hydrogen-bond acceptors (Lipinski definition) is 3. The number of nitrogens with zero attached hydrogens (tertiary/aromatic N) is 2. The lowest BCUT2D eigenvalue weighted by molar-refractivity contribution is -0.120. The molecule has 0 saturated heterocycles. The van der Waals surface area contributed by atoms with Crippen molar-refractivity contribution >= 4 is 28.8 Å². The molecular weight excluding hydrogens is 330 g/mol. The van der Waals surface area contributed by atoms with E-state index in [4.69, 9.17) is 11.6 Å². The first-order chi connectivity index (χ1) is 11.1.